The summed E-state index contributed by atoms with van der Waals surface area (Å²) in [5, 5.41) is 23.1. The molecule has 5 nitrogen and oxygen atoms in total. The molecule has 82 valence electrons. The summed E-state index contributed by atoms with van der Waals surface area (Å²) >= 11 is 0. The van der Waals surface area contributed by atoms with Gasteiger partial charge in [-0.3, -0.25) is 4.79 Å². The van der Waals surface area contributed by atoms with Crippen LogP contribution in [0.5, 0.6) is 0 Å². The Labute approximate surface area is 98.2 Å². The first-order chi connectivity index (χ1) is 8.15. The second kappa shape index (κ2) is 3.73. The SMILES string of the molecule is CC1=NN(c2ccccc2)C(=O)C1(C#N)C#N. The third kappa shape index (κ3) is 1.37. The number of hydrazone groups is 1. The summed E-state index contributed by atoms with van der Waals surface area (Å²) in [5.41, 5.74) is -1.03. The van der Waals surface area contributed by atoms with Gasteiger partial charge in [0.2, 0.25) is 0 Å². The molecule has 0 atom stereocenters. The van der Waals surface area contributed by atoms with Gasteiger partial charge < -0.3 is 0 Å². The molecule has 0 aliphatic carbocycles. The number of carbonyl (C=O) groups excluding carboxylic acids is 1. The smallest absolute Gasteiger partial charge is 0.269 e. The lowest BCUT2D eigenvalue weighted by atomic mass is 9.87. The van der Waals surface area contributed by atoms with Crippen molar-refractivity contribution in [2.45, 2.75) is 6.92 Å². The Morgan fingerprint density at radius 3 is 2.29 bits per heavy atom. The fourth-order valence-electron chi connectivity index (χ4n) is 1.61. The summed E-state index contributed by atoms with van der Waals surface area (Å²) in [4.78, 5) is 12.1. The van der Waals surface area contributed by atoms with Gasteiger partial charge in [-0.25, -0.2) is 0 Å². The van der Waals surface area contributed by atoms with Crippen LogP contribution in [-0.2, 0) is 4.79 Å². The van der Waals surface area contributed by atoms with E-state index in [9.17, 15) is 4.79 Å². The zero-order valence-corrected chi connectivity index (χ0v) is 9.08. The van der Waals surface area contributed by atoms with Gasteiger partial charge in [-0.2, -0.15) is 20.6 Å². The highest BCUT2D eigenvalue weighted by Crippen LogP contribution is 2.31. The largest absolute Gasteiger partial charge is 0.288 e. The zero-order valence-electron chi connectivity index (χ0n) is 9.08. The molecule has 0 bridgehead atoms. The van der Waals surface area contributed by atoms with Crippen molar-refractivity contribution < 1.29 is 4.79 Å². The van der Waals surface area contributed by atoms with E-state index >= 15 is 0 Å². The molecule has 0 saturated heterocycles. The molecule has 0 fully saturated rings. The van der Waals surface area contributed by atoms with Crippen LogP contribution in [0.1, 0.15) is 6.92 Å². The Morgan fingerprint density at radius 2 is 1.82 bits per heavy atom. The molecule has 0 N–H and O–H groups in total. The highest BCUT2D eigenvalue weighted by molar-refractivity contribution is 6.22. The van der Waals surface area contributed by atoms with Crippen molar-refractivity contribution in [2.24, 2.45) is 10.5 Å². The molecule has 1 aliphatic heterocycles. The van der Waals surface area contributed by atoms with Crippen molar-refractivity contribution in [1.82, 2.24) is 0 Å². The highest BCUT2D eigenvalue weighted by atomic mass is 16.2. The van der Waals surface area contributed by atoms with Gasteiger partial charge in [0, 0.05) is 0 Å². The first-order valence-electron chi connectivity index (χ1n) is 4.93. The molecule has 1 aromatic carbocycles. The molecule has 0 aromatic heterocycles. The number of hydrogen-bond acceptors (Lipinski definition) is 4. The van der Waals surface area contributed by atoms with Gasteiger partial charge in [-0.15, -0.1) is 0 Å². The van der Waals surface area contributed by atoms with Crippen molar-refractivity contribution in [3.63, 3.8) is 0 Å². The summed E-state index contributed by atoms with van der Waals surface area (Å²) in [7, 11) is 0. The van der Waals surface area contributed by atoms with Crippen molar-refractivity contribution in [3.8, 4) is 12.1 Å². The fraction of sp³-hybridized carbons (Fsp3) is 0.167. The Morgan fingerprint density at radius 1 is 1.24 bits per heavy atom. The Bertz CT molecular complexity index is 563. The van der Waals surface area contributed by atoms with Crippen molar-refractivity contribution in [2.75, 3.05) is 5.01 Å². The number of amides is 1. The Kier molecular flexibility index (Phi) is 2.38. The first kappa shape index (κ1) is 10.8. The summed E-state index contributed by atoms with van der Waals surface area (Å²) in [6, 6.07) is 12.2. The minimum absolute atomic E-state index is 0.205. The maximum absolute atomic E-state index is 12.1. The standard InChI is InChI=1S/C12H8N4O/c1-9-12(7-13,8-14)11(17)16(15-9)10-5-3-2-4-6-10/h2-6H,1H3. The summed E-state index contributed by atoms with van der Waals surface area (Å²) in [6.07, 6.45) is 0. The van der Waals surface area contributed by atoms with Crippen LogP contribution in [0.4, 0.5) is 5.69 Å². The van der Waals surface area contributed by atoms with E-state index in [0.29, 0.717) is 5.69 Å². The Hall–Kier alpha value is -2.66. The average Bonchev–Trinajstić information content (AvgIpc) is 2.63. The van der Waals surface area contributed by atoms with Crippen molar-refractivity contribution in [3.05, 3.63) is 30.3 Å². The summed E-state index contributed by atoms with van der Waals surface area (Å²) in [5.74, 6) is -0.619. The van der Waals surface area contributed by atoms with E-state index in [0.717, 1.165) is 5.01 Å². The monoisotopic (exact) mass is 224 g/mol. The molecule has 0 saturated carbocycles. The molecule has 1 aromatic rings. The van der Waals surface area contributed by atoms with Gasteiger partial charge in [0.05, 0.1) is 11.4 Å². The molecular formula is C12H8N4O. The normalized spacial score (nSPS) is 17.2. The number of nitriles is 2. The van der Waals surface area contributed by atoms with Crippen LogP contribution in [0, 0.1) is 28.1 Å². The number of nitrogens with zero attached hydrogens (tertiary/aromatic N) is 4. The lowest BCUT2D eigenvalue weighted by molar-refractivity contribution is -0.120. The van der Waals surface area contributed by atoms with Gasteiger partial charge in [0.25, 0.3) is 11.3 Å². The van der Waals surface area contributed by atoms with Gasteiger partial charge in [0.15, 0.2) is 0 Å². The topological polar surface area (TPSA) is 80.2 Å². The van der Waals surface area contributed by atoms with Crippen LogP contribution in [0.15, 0.2) is 35.4 Å². The first-order valence-corrected chi connectivity index (χ1v) is 4.93. The maximum atomic E-state index is 12.1. The van der Waals surface area contributed by atoms with Crippen LogP contribution in [0.3, 0.4) is 0 Å². The second-order valence-corrected chi connectivity index (χ2v) is 3.61. The van der Waals surface area contributed by atoms with Gasteiger partial charge in [0.1, 0.15) is 12.1 Å². The van der Waals surface area contributed by atoms with E-state index in [4.69, 9.17) is 10.5 Å². The zero-order chi connectivity index (χ0) is 12.5. The second-order valence-electron chi connectivity index (χ2n) is 3.61. The molecule has 17 heavy (non-hydrogen) atoms. The summed E-state index contributed by atoms with van der Waals surface area (Å²) < 4.78 is 0. The van der Waals surface area contributed by atoms with Crippen LogP contribution in [-0.4, -0.2) is 11.6 Å². The molecule has 1 amide bonds. The molecule has 0 radical (unpaired) electrons. The van der Waals surface area contributed by atoms with E-state index in [1.54, 1.807) is 36.4 Å². The van der Waals surface area contributed by atoms with Crippen LogP contribution in [0.25, 0.3) is 0 Å². The predicted molar refractivity (Wildman–Crippen MR) is 60.7 cm³/mol. The van der Waals surface area contributed by atoms with Crippen LogP contribution < -0.4 is 5.01 Å². The van der Waals surface area contributed by atoms with E-state index in [-0.39, 0.29) is 5.71 Å². The van der Waals surface area contributed by atoms with Gasteiger partial charge >= 0.3 is 0 Å². The van der Waals surface area contributed by atoms with E-state index in [1.807, 2.05) is 6.07 Å². The molecule has 1 aliphatic rings. The van der Waals surface area contributed by atoms with E-state index in [1.165, 1.54) is 6.92 Å². The number of anilines is 1. The molecular weight excluding hydrogens is 216 g/mol. The molecule has 0 spiro atoms. The number of hydrogen-bond donors (Lipinski definition) is 0. The third-order valence-corrected chi connectivity index (χ3v) is 2.64. The molecule has 1 heterocycles. The third-order valence-electron chi connectivity index (χ3n) is 2.64. The molecule has 2 rings (SSSR count). The molecule has 5 heteroatoms. The van der Waals surface area contributed by atoms with Gasteiger partial charge in [-0.05, 0) is 19.1 Å². The van der Waals surface area contributed by atoms with E-state index in [2.05, 4.69) is 5.10 Å². The minimum atomic E-state index is -1.78. The quantitative estimate of drug-likeness (QED) is 0.723. The van der Waals surface area contributed by atoms with E-state index < -0.39 is 11.3 Å². The lowest BCUT2D eigenvalue weighted by Gasteiger charge is -2.14. The van der Waals surface area contributed by atoms with Crippen molar-refractivity contribution >= 4 is 17.3 Å². The number of benzene rings is 1. The minimum Gasteiger partial charge on any atom is -0.269 e. The number of rotatable bonds is 1. The van der Waals surface area contributed by atoms with Crippen LogP contribution in [0.2, 0.25) is 0 Å². The van der Waals surface area contributed by atoms with Crippen molar-refractivity contribution in [1.29, 1.82) is 10.5 Å². The van der Waals surface area contributed by atoms with Gasteiger partial charge in [-0.1, -0.05) is 18.2 Å². The van der Waals surface area contributed by atoms with Crippen LogP contribution >= 0.6 is 0 Å². The number of carbonyl (C=O) groups is 1. The predicted octanol–water partition coefficient (Wildman–Crippen LogP) is 1.44. The number of para-hydroxylation sites is 1. The summed E-state index contributed by atoms with van der Waals surface area (Å²) in [6.45, 7) is 1.51. The average molecular weight is 224 g/mol. The fourth-order valence-corrected chi connectivity index (χ4v) is 1.61. The highest BCUT2D eigenvalue weighted by Gasteiger charge is 2.51. The molecule has 0 unspecified atom stereocenters. The lowest BCUT2D eigenvalue weighted by Crippen LogP contribution is -2.36. The Balaban J connectivity index is 2.50. The maximum Gasteiger partial charge on any atom is 0.288 e.